The highest BCUT2D eigenvalue weighted by atomic mass is 15.1. The standard InChI is InChI=1S/C10H15N3/c1-2-3-4-5-9-8-10(6-7-11)13-12-9/h8H,2-6H2,1H3,(H,12,13). The van der Waals surface area contributed by atoms with Crippen molar-refractivity contribution in [3.8, 4) is 6.07 Å². The molecule has 0 unspecified atom stereocenters. The Balaban J connectivity index is 2.36. The first-order valence-corrected chi connectivity index (χ1v) is 4.77. The van der Waals surface area contributed by atoms with Crippen LogP contribution in [0.3, 0.4) is 0 Å². The minimum absolute atomic E-state index is 0.407. The maximum atomic E-state index is 8.44. The number of nitrogens with one attached hydrogen (secondary N) is 1. The van der Waals surface area contributed by atoms with Crippen LogP contribution in [0, 0.1) is 11.3 Å². The van der Waals surface area contributed by atoms with Crippen LogP contribution in [0.25, 0.3) is 0 Å². The molecule has 3 heteroatoms. The molecule has 0 spiro atoms. The molecule has 1 heterocycles. The second kappa shape index (κ2) is 5.36. The molecule has 0 aliphatic rings. The molecule has 1 N–H and O–H groups in total. The summed E-state index contributed by atoms with van der Waals surface area (Å²) in [5.41, 5.74) is 2.01. The van der Waals surface area contributed by atoms with Crippen molar-refractivity contribution in [3.63, 3.8) is 0 Å². The molecule has 70 valence electrons. The van der Waals surface area contributed by atoms with Gasteiger partial charge >= 0.3 is 0 Å². The number of aromatic nitrogens is 2. The molecule has 1 rings (SSSR count). The molecule has 0 atom stereocenters. The van der Waals surface area contributed by atoms with E-state index in [1.807, 2.05) is 6.07 Å². The molecule has 0 aliphatic carbocycles. The van der Waals surface area contributed by atoms with Gasteiger partial charge in [-0.3, -0.25) is 5.10 Å². The van der Waals surface area contributed by atoms with Crippen LogP contribution in [0.2, 0.25) is 0 Å². The van der Waals surface area contributed by atoms with Gasteiger partial charge in [-0.25, -0.2) is 0 Å². The summed E-state index contributed by atoms with van der Waals surface area (Å²) < 4.78 is 0. The van der Waals surface area contributed by atoms with Gasteiger partial charge in [0.05, 0.1) is 18.2 Å². The van der Waals surface area contributed by atoms with Crippen molar-refractivity contribution in [1.82, 2.24) is 10.2 Å². The maximum Gasteiger partial charge on any atom is 0.0793 e. The highest BCUT2D eigenvalue weighted by molar-refractivity contribution is 5.11. The predicted molar refractivity (Wildman–Crippen MR) is 51.1 cm³/mol. The molecule has 0 saturated heterocycles. The number of rotatable bonds is 5. The second-order valence-electron chi connectivity index (χ2n) is 3.18. The lowest BCUT2D eigenvalue weighted by Gasteiger charge is -1.93. The van der Waals surface area contributed by atoms with Crippen molar-refractivity contribution >= 4 is 0 Å². The third-order valence-electron chi connectivity index (χ3n) is 1.99. The van der Waals surface area contributed by atoms with Crippen LogP contribution in [-0.4, -0.2) is 10.2 Å². The zero-order valence-corrected chi connectivity index (χ0v) is 8.01. The third-order valence-corrected chi connectivity index (χ3v) is 1.99. The summed E-state index contributed by atoms with van der Waals surface area (Å²) in [6.45, 7) is 2.19. The molecule has 13 heavy (non-hydrogen) atoms. The Bertz CT molecular complexity index is 283. The summed E-state index contributed by atoms with van der Waals surface area (Å²) in [4.78, 5) is 0. The molecule has 0 amide bonds. The molecule has 0 fully saturated rings. The summed E-state index contributed by atoms with van der Waals surface area (Å²) in [5, 5.41) is 15.4. The number of aryl methyl sites for hydroxylation is 1. The van der Waals surface area contributed by atoms with Gasteiger partial charge in [-0.1, -0.05) is 19.8 Å². The third kappa shape index (κ3) is 3.29. The fourth-order valence-corrected chi connectivity index (χ4v) is 1.27. The van der Waals surface area contributed by atoms with Crippen molar-refractivity contribution < 1.29 is 0 Å². The Morgan fingerprint density at radius 2 is 2.38 bits per heavy atom. The smallest absolute Gasteiger partial charge is 0.0793 e. The average Bonchev–Trinajstić information content (AvgIpc) is 2.54. The quantitative estimate of drug-likeness (QED) is 0.701. The molecule has 0 aromatic carbocycles. The number of hydrogen-bond donors (Lipinski definition) is 1. The van der Waals surface area contributed by atoms with Crippen LogP contribution in [-0.2, 0) is 12.8 Å². The van der Waals surface area contributed by atoms with E-state index in [0.717, 1.165) is 17.8 Å². The highest BCUT2D eigenvalue weighted by Gasteiger charge is 1.99. The molecular formula is C10H15N3. The topological polar surface area (TPSA) is 52.5 Å². The van der Waals surface area contributed by atoms with Crippen LogP contribution >= 0.6 is 0 Å². The van der Waals surface area contributed by atoms with Gasteiger partial charge in [-0.15, -0.1) is 0 Å². The first-order chi connectivity index (χ1) is 6.36. The van der Waals surface area contributed by atoms with Gasteiger partial charge in [-0.05, 0) is 18.9 Å². The fourth-order valence-electron chi connectivity index (χ4n) is 1.27. The van der Waals surface area contributed by atoms with E-state index in [0.29, 0.717) is 6.42 Å². The van der Waals surface area contributed by atoms with E-state index in [9.17, 15) is 0 Å². The van der Waals surface area contributed by atoms with Gasteiger partial charge in [0.1, 0.15) is 0 Å². The zero-order chi connectivity index (χ0) is 9.52. The molecule has 0 bridgehead atoms. The van der Waals surface area contributed by atoms with Crippen molar-refractivity contribution in [2.75, 3.05) is 0 Å². The Morgan fingerprint density at radius 3 is 3.08 bits per heavy atom. The fraction of sp³-hybridized carbons (Fsp3) is 0.600. The summed E-state index contributed by atoms with van der Waals surface area (Å²) in [7, 11) is 0. The lowest BCUT2D eigenvalue weighted by atomic mass is 10.1. The monoisotopic (exact) mass is 177 g/mol. The summed E-state index contributed by atoms with van der Waals surface area (Å²) in [6, 6.07) is 4.07. The number of H-pyrrole nitrogens is 1. The minimum atomic E-state index is 0.407. The molecule has 1 aromatic heterocycles. The van der Waals surface area contributed by atoms with Gasteiger partial charge in [0.2, 0.25) is 0 Å². The number of nitriles is 1. The van der Waals surface area contributed by atoms with Gasteiger partial charge in [0.25, 0.3) is 0 Å². The van der Waals surface area contributed by atoms with E-state index in [1.165, 1.54) is 19.3 Å². The van der Waals surface area contributed by atoms with E-state index in [2.05, 4.69) is 23.2 Å². The Kier molecular flexibility index (Phi) is 4.04. The van der Waals surface area contributed by atoms with Crippen molar-refractivity contribution in [2.45, 2.75) is 39.0 Å². The number of aromatic amines is 1. The lowest BCUT2D eigenvalue weighted by molar-refractivity contribution is 0.705. The summed E-state index contributed by atoms with van der Waals surface area (Å²) in [6.07, 6.45) is 5.15. The summed E-state index contributed by atoms with van der Waals surface area (Å²) in [5.74, 6) is 0. The van der Waals surface area contributed by atoms with E-state index >= 15 is 0 Å². The first-order valence-electron chi connectivity index (χ1n) is 4.77. The Morgan fingerprint density at radius 1 is 1.54 bits per heavy atom. The van der Waals surface area contributed by atoms with Crippen molar-refractivity contribution in [3.05, 3.63) is 17.5 Å². The largest absolute Gasteiger partial charge is 0.282 e. The lowest BCUT2D eigenvalue weighted by Crippen LogP contribution is -1.84. The van der Waals surface area contributed by atoms with Gasteiger partial charge < -0.3 is 0 Å². The Hall–Kier alpha value is -1.30. The maximum absolute atomic E-state index is 8.44. The van der Waals surface area contributed by atoms with E-state index in [4.69, 9.17) is 5.26 Å². The predicted octanol–water partition coefficient (Wildman–Crippen LogP) is 2.21. The van der Waals surface area contributed by atoms with Crippen LogP contribution in [0.15, 0.2) is 6.07 Å². The number of unbranched alkanes of at least 4 members (excludes halogenated alkanes) is 2. The van der Waals surface area contributed by atoms with Crippen LogP contribution in [0.1, 0.15) is 37.6 Å². The van der Waals surface area contributed by atoms with Crippen molar-refractivity contribution in [1.29, 1.82) is 5.26 Å². The van der Waals surface area contributed by atoms with Crippen molar-refractivity contribution in [2.24, 2.45) is 0 Å². The minimum Gasteiger partial charge on any atom is -0.282 e. The molecule has 0 saturated carbocycles. The first kappa shape index (κ1) is 9.79. The normalized spacial score (nSPS) is 9.85. The summed E-state index contributed by atoms with van der Waals surface area (Å²) >= 11 is 0. The van der Waals surface area contributed by atoms with E-state index in [-0.39, 0.29) is 0 Å². The number of hydrogen-bond acceptors (Lipinski definition) is 2. The molecular weight excluding hydrogens is 162 g/mol. The van der Waals surface area contributed by atoms with E-state index in [1.54, 1.807) is 0 Å². The van der Waals surface area contributed by atoms with Gasteiger partial charge in [0.15, 0.2) is 0 Å². The van der Waals surface area contributed by atoms with Crippen LogP contribution in [0.4, 0.5) is 0 Å². The second-order valence-corrected chi connectivity index (χ2v) is 3.18. The highest BCUT2D eigenvalue weighted by Crippen LogP contribution is 2.05. The van der Waals surface area contributed by atoms with Gasteiger partial charge in [-0.2, -0.15) is 10.4 Å². The molecule has 1 aromatic rings. The van der Waals surface area contributed by atoms with E-state index < -0.39 is 0 Å². The molecule has 0 radical (unpaired) electrons. The van der Waals surface area contributed by atoms with Crippen LogP contribution in [0.5, 0.6) is 0 Å². The zero-order valence-electron chi connectivity index (χ0n) is 8.01. The molecule has 0 aliphatic heterocycles. The number of nitrogens with zero attached hydrogens (tertiary/aromatic N) is 2. The SMILES string of the molecule is CCCCCc1cc(CC#N)n[nH]1. The average molecular weight is 177 g/mol. The molecule has 3 nitrogen and oxygen atoms in total. The van der Waals surface area contributed by atoms with Gasteiger partial charge in [0, 0.05) is 5.69 Å². The van der Waals surface area contributed by atoms with Crippen LogP contribution < -0.4 is 0 Å². The Labute approximate surface area is 78.8 Å².